The minimum atomic E-state index is -2.98. The summed E-state index contributed by atoms with van der Waals surface area (Å²) in [5.74, 6) is 0.513. The molecular weight excluding hydrogens is 240 g/mol. The maximum Gasteiger partial charge on any atom is 0.152 e. The first-order chi connectivity index (χ1) is 7.98. The van der Waals surface area contributed by atoms with Gasteiger partial charge in [0.25, 0.3) is 0 Å². The Kier molecular flexibility index (Phi) is 2.83. The van der Waals surface area contributed by atoms with E-state index in [1.54, 1.807) is 0 Å². The summed E-state index contributed by atoms with van der Waals surface area (Å²) in [5.41, 5.74) is 6.85. The van der Waals surface area contributed by atoms with Gasteiger partial charge >= 0.3 is 0 Å². The van der Waals surface area contributed by atoms with Crippen molar-refractivity contribution >= 4 is 15.7 Å². The van der Waals surface area contributed by atoms with Gasteiger partial charge in [-0.1, -0.05) is 6.92 Å². The molecule has 0 spiro atoms. The molecule has 2 N–H and O–H groups in total. The molecule has 1 fully saturated rings. The van der Waals surface area contributed by atoms with Crippen molar-refractivity contribution in [3.63, 3.8) is 0 Å². The number of nitrogen functional groups attached to an aromatic ring is 1. The van der Waals surface area contributed by atoms with Crippen LogP contribution in [0.3, 0.4) is 0 Å². The van der Waals surface area contributed by atoms with Gasteiger partial charge < -0.3 is 5.73 Å². The number of nitrogens with two attached hydrogens (primary N) is 1. The van der Waals surface area contributed by atoms with Gasteiger partial charge in [0.15, 0.2) is 9.84 Å². The minimum absolute atomic E-state index is 0.0624. The SMILES string of the molecule is CCc1nn(C2CCS(=O)(=O)C2)c(N)c1C#N. The monoisotopic (exact) mass is 254 g/mol. The Hall–Kier alpha value is -1.55. The van der Waals surface area contributed by atoms with Crippen LogP contribution >= 0.6 is 0 Å². The number of hydrogen-bond acceptors (Lipinski definition) is 5. The average Bonchev–Trinajstić information content (AvgIpc) is 2.78. The lowest BCUT2D eigenvalue weighted by atomic mass is 10.2. The number of anilines is 1. The van der Waals surface area contributed by atoms with Gasteiger partial charge in [-0.2, -0.15) is 10.4 Å². The molecule has 0 aliphatic carbocycles. The highest BCUT2D eigenvalue weighted by molar-refractivity contribution is 7.91. The number of hydrogen-bond donors (Lipinski definition) is 1. The molecule has 1 saturated heterocycles. The van der Waals surface area contributed by atoms with Crippen LogP contribution in [0.15, 0.2) is 0 Å². The first-order valence-electron chi connectivity index (χ1n) is 5.46. The van der Waals surface area contributed by atoms with E-state index in [1.165, 1.54) is 4.68 Å². The van der Waals surface area contributed by atoms with Crippen LogP contribution in [0.2, 0.25) is 0 Å². The second kappa shape index (κ2) is 4.04. The van der Waals surface area contributed by atoms with Crippen molar-refractivity contribution in [3.05, 3.63) is 11.3 Å². The smallest absolute Gasteiger partial charge is 0.152 e. The van der Waals surface area contributed by atoms with Gasteiger partial charge in [-0.3, -0.25) is 0 Å². The maximum absolute atomic E-state index is 11.4. The summed E-state index contributed by atoms with van der Waals surface area (Å²) >= 11 is 0. The molecule has 0 saturated carbocycles. The zero-order valence-electron chi connectivity index (χ0n) is 9.55. The lowest BCUT2D eigenvalue weighted by molar-refractivity contribution is 0.502. The third-order valence-electron chi connectivity index (χ3n) is 3.02. The minimum Gasteiger partial charge on any atom is -0.383 e. The molecule has 1 aromatic rings. The van der Waals surface area contributed by atoms with Crippen LogP contribution < -0.4 is 5.73 Å². The van der Waals surface area contributed by atoms with Crippen molar-refractivity contribution in [2.45, 2.75) is 25.8 Å². The van der Waals surface area contributed by atoms with E-state index in [1.807, 2.05) is 13.0 Å². The summed E-state index contributed by atoms with van der Waals surface area (Å²) in [6, 6.07) is 1.79. The predicted molar refractivity (Wildman–Crippen MR) is 63.0 cm³/mol. The van der Waals surface area contributed by atoms with E-state index in [2.05, 4.69) is 5.10 Å². The van der Waals surface area contributed by atoms with Crippen LogP contribution in [0, 0.1) is 11.3 Å². The topological polar surface area (TPSA) is 102 Å². The molecule has 7 heteroatoms. The highest BCUT2D eigenvalue weighted by atomic mass is 32.2. The van der Waals surface area contributed by atoms with Gasteiger partial charge in [0.2, 0.25) is 0 Å². The highest BCUT2D eigenvalue weighted by Gasteiger charge is 2.32. The summed E-state index contributed by atoms with van der Waals surface area (Å²) in [4.78, 5) is 0. The van der Waals surface area contributed by atoms with Crippen molar-refractivity contribution in [1.82, 2.24) is 9.78 Å². The first kappa shape index (κ1) is 11.9. The molecule has 1 atom stereocenters. The van der Waals surface area contributed by atoms with Gasteiger partial charge in [0.05, 0.1) is 23.2 Å². The molecule has 1 unspecified atom stereocenters. The molecule has 1 aliphatic rings. The predicted octanol–water partition coefficient (Wildman–Crippen LogP) is 0.259. The fourth-order valence-corrected chi connectivity index (χ4v) is 3.80. The normalized spacial score (nSPS) is 22.5. The summed E-state index contributed by atoms with van der Waals surface area (Å²) in [6.45, 7) is 1.89. The Labute approximate surface area is 99.9 Å². The molecular formula is C10H14N4O2S. The van der Waals surface area contributed by atoms with Crippen LogP contribution in [0.1, 0.15) is 30.6 Å². The lowest BCUT2D eigenvalue weighted by Crippen LogP contribution is -2.15. The molecule has 6 nitrogen and oxygen atoms in total. The van der Waals surface area contributed by atoms with Crippen molar-refractivity contribution in [2.75, 3.05) is 17.2 Å². The molecule has 2 heterocycles. The van der Waals surface area contributed by atoms with Gasteiger partial charge in [0, 0.05) is 0 Å². The third kappa shape index (κ3) is 2.00. The molecule has 17 heavy (non-hydrogen) atoms. The summed E-state index contributed by atoms with van der Waals surface area (Å²) in [6.07, 6.45) is 1.13. The largest absolute Gasteiger partial charge is 0.383 e. The van der Waals surface area contributed by atoms with Crippen LogP contribution in [-0.4, -0.2) is 29.7 Å². The van der Waals surface area contributed by atoms with Gasteiger partial charge in [-0.25, -0.2) is 13.1 Å². The highest BCUT2D eigenvalue weighted by Crippen LogP contribution is 2.28. The van der Waals surface area contributed by atoms with E-state index in [9.17, 15) is 8.42 Å². The van der Waals surface area contributed by atoms with E-state index < -0.39 is 9.84 Å². The molecule has 1 aromatic heterocycles. The zero-order valence-corrected chi connectivity index (χ0v) is 10.4. The second-order valence-corrected chi connectivity index (χ2v) is 6.40. The quantitative estimate of drug-likeness (QED) is 0.815. The van der Waals surface area contributed by atoms with E-state index >= 15 is 0 Å². The summed E-state index contributed by atoms with van der Waals surface area (Å²) in [7, 11) is -2.98. The van der Waals surface area contributed by atoms with E-state index in [4.69, 9.17) is 11.0 Å². The summed E-state index contributed by atoms with van der Waals surface area (Å²) < 4.78 is 24.3. The van der Waals surface area contributed by atoms with Crippen molar-refractivity contribution < 1.29 is 8.42 Å². The van der Waals surface area contributed by atoms with Crippen molar-refractivity contribution in [2.24, 2.45) is 0 Å². The fourth-order valence-electron chi connectivity index (χ4n) is 2.11. The standard InChI is InChI=1S/C10H14N4O2S/c1-2-9-8(5-11)10(12)14(13-9)7-3-4-17(15,16)6-7/h7H,2-4,6,12H2,1H3. The fraction of sp³-hybridized carbons (Fsp3) is 0.600. The molecule has 0 bridgehead atoms. The zero-order chi connectivity index (χ0) is 12.6. The Morgan fingerprint density at radius 3 is 2.76 bits per heavy atom. The average molecular weight is 254 g/mol. The number of aromatic nitrogens is 2. The maximum atomic E-state index is 11.4. The van der Waals surface area contributed by atoms with Crippen LogP contribution in [0.4, 0.5) is 5.82 Å². The van der Waals surface area contributed by atoms with E-state index in [-0.39, 0.29) is 23.4 Å². The van der Waals surface area contributed by atoms with Crippen LogP contribution in [-0.2, 0) is 16.3 Å². The van der Waals surface area contributed by atoms with Crippen molar-refractivity contribution in [3.8, 4) is 6.07 Å². The molecule has 0 aromatic carbocycles. The number of nitrogens with zero attached hydrogens (tertiary/aromatic N) is 3. The summed E-state index contributed by atoms with van der Waals surface area (Å²) in [5, 5.41) is 13.2. The Balaban J connectivity index is 2.42. The lowest BCUT2D eigenvalue weighted by Gasteiger charge is -2.09. The Morgan fingerprint density at radius 2 is 2.35 bits per heavy atom. The molecule has 92 valence electrons. The third-order valence-corrected chi connectivity index (χ3v) is 4.77. The van der Waals surface area contributed by atoms with Crippen LogP contribution in [0.5, 0.6) is 0 Å². The molecule has 0 radical (unpaired) electrons. The number of sulfone groups is 1. The molecule has 0 amide bonds. The van der Waals surface area contributed by atoms with Gasteiger partial charge in [-0.05, 0) is 12.8 Å². The first-order valence-corrected chi connectivity index (χ1v) is 7.28. The van der Waals surface area contributed by atoms with Crippen LogP contribution in [0.25, 0.3) is 0 Å². The number of aryl methyl sites for hydroxylation is 1. The van der Waals surface area contributed by atoms with E-state index in [0.717, 1.165) is 0 Å². The van der Waals surface area contributed by atoms with Crippen molar-refractivity contribution in [1.29, 1.82) is 5.26 Å². The molecule has 2 rings (SSSR count). The van der Waals surface area contributed by atoms with Gasteiger partial charge in [-0.15, -0.1) is 0 Å². The Morgan fingerprint density at radius 1 is 1.65 bits per heavy atom. The number of nitriles is 1. The van der Waals surface area contributed by atoms with E-state index in [0.29, 0.717) is 24.1 Å². The Bertz CT molecular complexity index is 582. The molecule has 1 aliphatic heterocycles. The number of rotatable bonds is 2. The van der Waals surface area contributed by atoms with Gasteiger partial charge in [0.1, 0.15) is 17.5 Å². The second-order valence-electron chi connectivity index (χ2n) is 4.17.